The first-order chi connectivity index (χ1) is 13.4. The third-order valence-electron chi connectivity index (χ3n) is 5.42. The maximum absolute atomic E-state index is 13.0. The Labute approximate surface area is 164 Å². The van der Waals surface area contributed by atoms with Gasteiger partial charge in [0.1, 0.15) is 5.82 Å². The number of carbonyl (C=O) groups excluding carboxylic acids is 3. The summed E-state index contributed by atoms with van der Waals surface area (Å²) < 4.78 is 13.0. The van der Waals surface area contributed by atoms with Crippen molar-refractivity contribution < 1.29 is 18.8 Å². The minimum Gasteiger partial charge on any atom is -0.352 e. The van der Waals surface area contributed by atoms with Gasteiger partial charge < -0.3 is 15.1 Å². The Morgan fingerprint density at radius 3 is 2.14 bits per heavy atom. The highest BCUT2D eigenvalue weighted by molar-refractivity contribution is 5.94. The monoisotopic (exact) mass is 390 g/mol. The van der Waals surface area contributed by atoms with Crippen LogP contribution in [0.2, 0.25) is 0 Å². The number of hydrogen-bond acceptors (Lipinski definition) is 4. The van der Waals surface area contributed by atoms with Crippen molar-refractivity contribution in [2.45, 2.75) is 25.8 Å². The largest absolute Gasteiger partial charge is 0.352 e. The van der Waals surface area contributed by atoms with Crippen molar-refractivity contribution in [3.63, 3.8) is 0 Å². The predicted molar refractivity (Wildman–Crippen MR) is 102 cm³/mol. The summed E-state index contributed by atoms with van der Waals surface area (Å²) >= 11 is 0. The average Bonchev–Trinajstić information content (AvgIpc) is 2.69. The topological polar surface area (TPSA) is 73.0 Å². The molecule has 0 unspecified atom stereocenters. The molecule has 1 aromatic carbocycles. The number of nitrogens with one attached hydrogen (secondary N) is 1. The quantitative estimate of drug-likeness (QED) is 0.822. The molecule has 3 rings (SSSR count). The molecule has 28 heavy (non-hydrogen) atoms. The fourth-order valence-electron chi connectivity index (χ4n) is 3.70. The van der Waals surface area contributed by atoms with Crippen molar-refractivity contribution in [2.24, 2.45) is 0 Å². The molecule has 2 aliphatic heterocycles. The molecule has 2 fully saturated rings. The highest BCUT2D eigenvalue weighted by atomic mass is 19.1. The molecule has 8 heteroatoms. The smallest absolute Gasteiger partial charge is 0.253 e. The molecular weight excluding hydrogens is 363 g/mol. The van der Waals surface area contributed by atoms with Gasteiger partial charge in [0.05, 0.1) is 6.54 Å². The number of hydrogen-bond donors (Lipinski definition) is 1. The lowest BCUT2D eigenvalue weighted by Crippen LogP contribution is -2.53. The van der Waals surface area contributed by atoms with Crippen LogP contribution in [0.5, 0.6) is 0 Å². The molecule has 152 valence electrons. The average molecular weight is 390 g/mol. The molecule has 0 radical (unpaired) electrons. The summed E-state index contributed by atoms with van der Waals surface area (Å²) in [5.74, 6) is -0.405. The van der Waals surface area contributed by atoms with Gasteiger partial charge in [-0.15, -0.1) is 0 Å². The Morgan fingerprint density at radius 2 is 1.57 bits per heavy atom. The fourth-order valence-corrected chi connectivity index (χ4v) is 3.70. The Morgan fingerprint density at radius 1 is 0.964 bits per heavy atom. The van der Waals surface area contributed by atoms with Gasteiger partial charge >= 0.3 is 0 Å². The number of likely N-dealkylation sites (tertiary alicyclic amines) is 1. The molecule has 0 atom stereocenters. The maximum Gasteiger partial charge on any atom is 0.253 e. The van der Waals surface area contributed by atoms with Crippen molar-refractivity contribution in [1.82, 2.24) is 20.0 Å². The van der Waals surface area contributed by atoms with E-state index in [-0.39, 0.29) is 29.6 Å². The van der Waals surface area contributed by atoms with Crippen LogP contribution >= 0.6 is 0 Å². The van der Waals surface area contributed by atoms with Gasteiger partial charge in [0.15, 0.2) is 0 Å². The molecule has 0 aromatic heterocycles. The number of amides is 3. The van der Waals surface area contributed by atoms with Crippen LogP contribution < -0.4 is 5.32 Å². The second-order valence-corrected chi connectivity index (χ2v) is 7.42. The number of piperidine rings is 1. The van der Waals surface area contributed by atoms with Crippen molar-refractivity contribution in [3.8, 4) is 0 Å². The third kappa shape index (κ3) is 5.28. The lowest BCUT2D eigenvalue weighted by Gasteiger charge is -2.35. The highest BCUT2D eigenvalue weighted by Gasteiger charge is 2.25. The van der Waals surface area contributed by atoms with Crippen molar-refractivity contribution in [1.29, 1.82) is 0 Å². The number of nitrogens with zero attached hydrogens (tertiary/aromatic N) is 3. The first kappa shape index (κ1) is 20.3. The maximum atomic E-state index is 13.0. The van der Waals surface area contributed by atoms with Crippen LogP contribution in [0.15, 0.2) is 24.3 Å². The van der Waals surface area contributed by atoms with E-state index in [1.807, 2.05) is 4.90 Å². The van der Waals surface area contributed by atoms with E-state index in [0.717, 1.165) is 12.8 Å². The van der Waals surface area contributed by atoms with Crippen molar-refractivity contribution in [3.05, 3.63) is 35.6 Å². The second kappa shape index (κ2) is 9.14. The Kier molecular flexibility index (Phi) is 6.61. The van der Waals surface area contributed by atoms with E-state index in [1.165, 1.54) is 24.3 Å². The van der Waals surface area contributed by atoms with E-state index >= 15 is 0 Å². The molecule has 1 N–H and O–H groups in total. The molecule has 2 aliphatic rings. The van der Waals surface area contributed by atoms with Crippen LogP contribution in [0.3, 0.4) is 0 Å². The number of carbonyl (C=O) groups is 3. The van der Waals surface area contributed by atoms with Gasteiger partial charge in [0, 0.05) is 57.8 Å². The summed E-state index contributed by atoms with van der Waals surface area (Å²) in [6.07, 6.45) is 1.57. The summed E-state index contributed by atoms with van der Waals surface area (Å²) in [5, 5.41) is 3.06. The van der Waals surface area contributed by atoms with E-state index in [9.17, 15) is 18.8 Å². The van der Waals surface area contributed by atoms with Crippen LogP contribution in [0.1, 0.15) is 30.1 Å². The van der Waals surface area contributed by atoms with E-state index in [0.29, 0.717) is 51.4 Å². The Balaban J connectivity index is 1.39. The van der Waals surface area contributed by atoms with Crippen LogP contribution in [0.4, 0.5) is 4.39 Å². The van der Waals surface area contributed by atoms with Crippen LogP contribution in [-0.2, 0) is 9.59 Å². The predicted octanol–water partition coefficient (Wildman–Crippen LogP) is 0.711. The van der Waals surface area contributed by atoms with E-state index in [1.54, 1.807) is 16.7 Å². The summed E-state index contributed by atoms with van der Waals surface area (Å²) in [7, 11) is 0. The minimum absolute atomic E-state index is 0.0143. The highest BCUT2D eigenvalue weighted by Crippen LogP contribution is 2.12. The molecule has 0 spiro atoms. The van der Waals surface area contributed by atoms with Gasteiger partial charge in [-0.25, -0.2) is 4.39 Å². The van der Waals surface area contributed by atoms with E-state index in [4.69, 9.17) is 0 Å². The zero-order valence-corrected chi connectivity index (χ0v) is 16.2. The first-order valence-corrected chi connectivity index (χ1v) is 9.74. The first-order valence-electron chi connectivity index (χ1n) is 9.74. The third-order valence-corrected chi connectivity index (χ3v) is 5.42. The molecule has 0 bridgehead atoms. The number of benzene rings is 1. The molecule has 1 aromatic rings. The van der Waals surface area contributed by atoms with Crippen molar-refractivity contribution >= 4 is 17.7 Å². The zero-order valence-electron chi connectivity index (χ0n) is 16.2. The summed E-state index contributed by atoms with van der Waals surface area (Å²) in [6, 6.07) is 5.68. The number of piperazine rings is 1. The van der Waals surface area contributed by atoms with Crippen molar-refractivity contribution in [2.75, 3.05) is 45.8 Å². The fraction of sp³-hybridized carbons (Fsp3) is 0.550. The SMILES string of the molecule is CC(=O)N1CCC(NC(=O)CN2CCN(C(=O)c3ccc(F)cc3)CC2)CC1. The lowest BCUT2D eigenvalue weighted by molar-refractivity contribution is -0.130. The zero-order chi connectivity index (χ0) is 20.1. The van der Waals surface area contributed by atoms with Gasteiger partial charge in [-0.2, -0.15) is 0 Å². The van der Waals surface area contributed by atoms with Gasteiger partial charge in [-0.05, 0) is 37.1 Å². The van der Waals surface area contributed by atoms with Gasteiger partial charge in [0.25, 0.3) is 5.91 Å². The van der Waals surface area contributed by atoms with Gasteiger partial charge in [-0.1, -0.05) is 0 Å². The standard InChI is InChI=1S/C20H27FN4O3/c1-15(26)24-8-6-18(7-9-24)22-19(27)14-23-10-12-25(13-11-23)20(28)16-2-4-17(21)5-3-16/h2-5,18H,6-14H2,1H3,(H,22,27). The molecule has 2 heterocycles. The summed E-state index contributed by atoms with van der Waals surface area (Å²) in [6.45, 7) is 5.59. The van der Waals surface area contributed by atoms with Gasteiger partial charge in [-0.3, -0.25) is 19.3 Å². The molecule has 7 nitrogen and oxygen atoms in total. The minimum atomic E-state index is -0.362. The molecule has 0 aliphatic carbocycles. The van der Waals surface area contributed by atoms with E-state index in [2.05, 4.69) is 5.32 Å². The normalized spacial score (nSPS) is 18.8. The Bertz CT molecular complexity index is 709. The summed E-state index contributed by atoms with van der Waals surface area (Å²) in [4.78, 5) is 41.7. The molecule has 0 saturated carbocycles. The second-order valence-electron chi connectivity index (χ2n) is 7.42. The molecule has 2 saturated heterocycles. The van der Waals surface area contributed by atoms with Gasteiger partial charge in [0.2, 0.25) is 11.8 Å². The van der Waals surface area contributed by atoms with Crippen LogP contribution in [-0.4, -0.2) is 84.3 Å². The number of halogens is 1. The Hall–Kier alpha value is -2.48. The van der Waals surface area contributed by atoms with Crippen LogP contribution in [0.25, 0.3) is 0 Å². The lowest BCUT2D eigenvalue weighted by atomic mass is 10.1. The number of rotatable bonds is 4. The molecular formula is C20H27FN4O3. The van der Waals surface area contributed by atoms with E-state index < -0.39 is 0 Å². The summed E-state index contributed by atoms with van der Waals surface area (Å²) in [5.41, 5.74) is 0.476. The molecule has 3 amide bonds. The van der Waals surface area contributed by atoms with Crippen LogP contribution in [0, 0.1) is 5.82 Å².